The van der Waals surface area contributed by atoms with Crippen molar-refractivity contribution in [1.82, 2.24) is 9.97 Å². The number of rotatable bonds is 2. The van der Waals surface area contributed by atoms with E-state index in [1.165, 1.54) is 0 Å². The van der Waals surface area contributed by atoms with Gasteiger partial charge in [0.05, 0.1) is 5.69 Å². The minimum absolute atomic E-state index is 0.583. The molecule has 1 aromatic carbocycles. The van der Waals surface area contributed by atoms with Gasteiger partial charge in [0.1, 0.15) is 11.0 Å². The van der Waals surface area contributed by atoms with Crippen molar-refractivity contribution in [3.05, 3.63) is 46.6 Å². The van der Waals surface area contributed by atoms with E-state index in [-0.39, 0.29) is 0 Å². The first kappa shape index (κ1) is 15.7. The Labute approximate surface area is 150 Å². The number of thiazole rings is 1. The van der Waals surface area contributed by atoms with E-state index in [1.807, 2.05) is 25.1 Å². The van der Waals surface area contributed by atoms with E-state index < -0.39 is 0 Å². The van der Waals surface area contributed by atoms with Crippen LogP contribution in [-0.2, 0) is 0 Å². The molecule has 24 heavy (non-hydrogen) atoms. The maximum absolute atomic E-state index is 6.39. The summed E-state index contributed by atoms with van der Waals surface area (Å²) in [4.78, 5) is 14.0. The van der Waals surface area contributed by atoms with Crippen LogP contribution in [0.1, 0.15) is 12.1 Å². The molecular weight excluding hydrogens is 340 g/mol. The fourth-order valence-corrected chi connectivity index (χ4v) is 4.25. The molecule has 0 aliphatic carbocycles. The summed E-state index contributed by atoms with van der Waals surface area (Å²) in [5, 5.41) is 5.98. The Morgan fingerprint density at radius 3 is 2.67 bits per heavy atom. The molecule has 3 aromatic rings. The molecule has 1 aliphatic heterocycles. The second-order valence-corrected chi connectivity index (χ2v) is 7.29. The first-order valence-corrected chi connectivity index (χ1v) is 9.44. The molecule has 0 spiro atoms. The predicted octanol–water partition coefficient (Wildman–Crippen LogP) is 4.37. The molecule has 0 radical (unpaired) electrons. The third-order valence-corrected chi connectivity index (χ3v) is 5.69. The van der Waals surface area contributed by atoms with Gasteiger partial charge in [0.25, 0.3) is 0 Å². The molecule has 124 valence electrons. The Bertz CT molecular complexity index is 863. The zero-order valence-corrected chi connectivity index (χ0v) is 15.1. The van der Waals surface area contributed by atoms with E-state index in [0.717, 1.165) is 60.0 Å². The van der Waals surface area contributed by atoms with Crippen LogP contribution in [-0.4, -0.2) is 36.1 Å². The lowest BCUT2D eigenvalue weighted by Crippen LogP contribution is -2.31. The number of anilines is 2. The van der Waals surface area contributed by atoms with Crippen LogP contribution in [0.4, 0.5) is 10.9 Å². The lowest BCUT2D eigenvalue weighted by Gasteiger charge is -2.23. The predicted molar refractivity (Wildman–Crippen MR) is 103 cm³/mol. The van der Waals surface area contributed by atoms with E-state index in [4.69, 9.17) is 11.6 Å². The highest BCUT2D eigenvalue weighted by atomic mass is 35.5. The Balaban J connectivity index is 1.57. The summed E-state index contributed by atoms with van der Waals surface area (Å²) < 4.78 is 0. The van der Waals surface area contributed by atoms with Gasteiger partial charge in [0, 0.05) is 36.9 Å². The number of hydrogen-bond donors (Lipinski definition) is 0. The molecular formula is C18H19ClN4S. The molecule has 2 aromatic heterocycles. The second-order valence-electron chi connectivity index (χ2n) is 6.09. The van der Waals surface area contributed by atoms with Gasteiger partial charge in [0.15, 0.2) is 5.13 Å². The van der Waals surface area contributed by atoms with Crippen molar-refractivity contribution in [1.29, 1.82) is 0 Å². The SMILES string of the molecule is Cc1csc(N2CCCN(c3cc4ccccc4c(Cl)n3)CC2)n1. The van der Waals surface area contributed by atoms with E-state index in [0.29, 0.717) is 5.15 Å². The van der Waals surface area contributed by atoms with E-state index >= 15 is 0 Å². The highest BCUT2D eigenvalue weighted by Gasteiger charge is 2.19. The first-order chi connectivity index (χ1) is 11.7. The standard InChI is InChI=1S/C18H19ClN4S/c1-13-12-24-18(20-13)23-8-4-7-22(9-10-23)16-11-14-5-2-3-6-15(14)17(19)21-16/h2-3,5-6,11-12H,4,7-10H2,1H3. The quantitative estimate of drug-likeness (QED) is 0.637. The monoisotopic (exact) mass is 358 g/mol. The maximum atomic E-state index is 6.39. The van der Waals surface area contributed by atoms with Crippen LogP contribution in [0.15, 0.2) is 35.7 Å². The van der Waals surface area contributed by atoms with E-state index in [2.05, 4.69) is 37.3 Å². The molecule has 1 saturated heterocycles. The average molecular weight is 359 g/mol. The first-order valence-electron chi connectivity index (χ1n) is 8.18. The molecule has 0 amide bonds. The smallest absolute Gasteiger partial charge is 0.185 e. The van der Waals surface area contributed by atoms with Gasteiger partial charge in [-0.15, -0.1) is 11.3 Å². The molecule has 0 saturated carbocycles. The van der Waals surface area contributed by atoms with Crippen LogP contribution in [0.25, 0.3) is 10.8 Å². The normalized spacial score (nSPS) is 15.8. The Morgan fingerprint density at radius 1 is 1.04 bits per heavy atom. The third kappa shape index (κ3) is 3.06. The number of nitrogens with zero attached hydrogens (tertiary/aromatic N) is 4. The summed E-state index contributed by atoms with van der Waals surface area (Å²) in [5.74, 6) is 0.968. The number of hydrogen-bond acceptors (Lipinski definition) is 5. The van der Waals surface area contributed by atoms with Gasteiger partial charge in [-0.3, -0.25) is 0 Å². The number of aryl methyl sites for hydroxylation is 1. The van der Waals surface area contributed by atoms with Crippen molar-refractivity contribution in [2.75, 3.05) is 36.0 Å². The molecule has 1 aliphatic rings. The molecule has 4 nitrogen and oxygen atoms in total. The van der Waals surface area contributed by atoms with Crippen molar-refractivity contribution in [3.63, 3.8) is 0 Å². The van der Waals surface area contributed by atoms with Crippen LogP contribution in [0, 0.1) is 6.92 Å². The molecule has 3 heterocycles. The molecule has 0 bridgehead atoms. The van der Waals surface area contributed by atoms with Crippen LogP contribution in [0.2, 0.25) is 5.15 Å². The van der Waals surface area contributed by atoms with Crippen LogP contribution in [0.3, 0.4) is 0 Å². The highest BCUT2D eigenvalue weighted by molar-refractivity contribution is 7.13. The van der Waals surface area contributed by atoms with Crippen molar-refractivity contribution >= 4 is 44.7 Å². The zero-order chi connectivity index (χ0) is 16.5. The molecule has 4 rings (SSSR count). The highest BCUT2D eigenvalue weighted by Crippen LogP contribution is 2.28. The molecule has 1 fully saturated rings. The summed E-state index contributed by atoms with van der Waals surface area (Å²) in [6.07, 6.45) is 1.09. The molecule has 6 heteroatoms. The van der Waals surface area contributed by atoms with Crippen LogP contribution in [0.5, 0.6) is 0 Å². The Hall–Kier alpha value is -1.85. The summed E-state index contributed by atoms with van der Waals surface area (Å²) in [6.45, 7) is 5.96. The fraction of sp³-hybridized carbons (Fsp3) is 0.333. The average Bonchev–Trinajstić information content (AvgIpc) is 2.88. The second kappa shape index (κ2) is 6.57. The van der Waals surface area contributed by atoms with Crippen molar-refractivity contribution in [2.45, 2.75) is 13.3 Å². The summed E-state index contributed by atoms with van der Waals surface area (Å²) >= 11 is 8.12. The van der Waals surface area contributed by atoms with Crippen molar-refractivity contribution in [3.8, 4) is 0 Å². The molecule has 0 atom stereocenters. The topological polar surface area (TPSA) is 32.3 Å². The van der Waals surface area contributed by atoms with Crippen LogP contribution >= 0.6 is 22.9 Å². The maximum Gasteiger partial charge on any atom is 0.185 e. The fourth-order valence-electron chi connectivity index (χ4n) is 3.13. The minimum Gasteiger partial charge on any atom is -0.355 e. The van der Waals surface area contributed by atoms with Gasteiger partial charge in [-0.1, -0.05) is 35.9 Å². The van der Waals surface area contributed by atoms with Gasteiger partial charge in [0.2, 0.25) is 0 Å². The Morgan fingerprint density at radius 2 is 1.83 bits per heavy atom. The van der Waals surface area contributed by atoms with Crippen molar-refractivity contribution in [2.24, 2.45) is 0 Å². The van der Waals surface area contributed by atoms with Gasteiger partial charge in [-0.05, 0) is 24.8 Å². The van der Waals surface area contributed by atoms with Crippen molar-refractivity contribution < 1.29 is 0 Å². The Kier molecular flexibility index (Phi) is 4.29. The van der Waals surface area contributed by atoms with Gasteiger partial charge in [-0.2, -0.15) is 0 Å². The lowest BCUT2D eigenvalue weighted by molar-refractivity contribution is 0.797. The number of aromatic nitrogens is 2. The number of halogens is 1. The molecule has 0 unspecified atom stereocenters. The van der Waals surface area contributed by atoms with Gasteiger partial charge >= 0.3 is 0 Å². The van der Waals surface area contributed by atoms with Gasteiger partial charge in [-0.25, -0.2) is 9.97 Å². The van der Waals surface area contributed by atoms with E-state index in [9.17, 15) is 0 Å². The van der Waals surface area contributed by atoms with Crippen LogP contribution < -0.4 is 9.80 Å². The summed E-state index contributed by atoms with van der Waals surface area (Å²) in [7, 11) is 0. The van der Waals surface area contributed by atoms with E-state index in [1.54, 1.807) is 11.3 Å². The number of benzene rings is 1. The largest absolute Gasteiger partial charge is 0.355 e. The minimum atomic E-state index is 0.583. The number of pyridine rings is 1. The summed E-state index contributed by atoms with van der Waals surface area (Å²) in [6, 6.07) is 10.3. The zero-order valence-electron chi connectivity index (χ0n) is 13.6. The number of fused-ring (bicyclic) bond motifs is 1. The van der Waals surface area contributed by atoms with Gasteiger partial charge < -0.3 is 9.80 Å². The summed E-state index contributed by atoms with van der Waals surface area (Å²) in [5.41, 5.74) is 1.10. The molecule has 0 N–H and O–H groups in total. The lowest BCUT2D eigenvalue weighted by atomic mass is 10.2. The third-order valence-electron chi connectivity index (χ3n) is 4.38.